The molecule has 0 N–H and O–H groups in total. The third kappa shape index (κ3) is 1.73. The number of benzene rings is 1. The Hall–Kier alpha value is -2.37. The molecule has 0 saturated carbocycles. The molecule has 2 aromatic rings. The van der Waals surface area contributed by atoms with Gasteiger partial charge in [-0.3, -0.25) is 15.1 Å². The molecule has 17 heavy (non-hydrogen) atoms. The number of hydrogen-bond acceptors (Lipinski definition) is 5. The van der Waals surface area contributed by atoms with Crippen LogP contribution in [0.5, 0.6) is 11.5 Å². The summed E-state index contributed by atoms with van der Waals surface area (Å²) >= 11 is 0. The van der Waals surface area contributed by atoms with Crippen molar-refractivity contribution >= 4 is 16.6 Å². The fraction of sp³-hybridized carbons (Fsp3) is 0.182. The van der Waals surface area contributed by atoms with Crippen molar-refractivity contribution in [3.63, 3.8) is 0 Å². The fourth-order valence-corrected chi connectivity index (χ4v) is 1.69. The molecule has 0 atom stereocenters. The summed E-state index contributed by atoms with van der Waals surface area (Å²) in [5, 5.41) is 11.5. The van der Waals surface area contributed by atoms with E-state index in [4.69, 9.17) is 9.47 Å². The van der Waals surface area contributed by atoms with Crippen molar-refractivity contribution in [2.24, 2.45) is 0 Å². The molecular weight excluding hydrogens is 224 g/mol. The van der Waals surface area contributed by atoms with Crippen LogP contribution in [0.1, 0.15) is 0 Å². The Morgan fingerprint density at radius 3 is 2.71 bits per heavy atom. The van der Waals surface area contributed by atoms with Crippen molar-refractivity contribution in [1.82, 2.24) is 4.98 Å². The molecule has 0 fully saturated rings. The maximum absolute atomic E-state index is 10.9. The molecule has 1 aromatic heterocycles. The Morgan fingerprint density at radius 1 is 1.35 bits per heavy atom. The number of nitro benzene ring substituents is 1. The van der Waals surface area contributed by atoms with Gasteiger partial charge >= 0.3 is 5.69 Å². The lowest BCUT2D eigenvalue weighted by molar-refractivity contribution is -0.385. The molecule has 2 rings (SSSR count). The molecular formula is C11H10N2O4. The van der Waals surface area contributed by atoms with Crippen LogP contribution >= 0.6 is 0 Å². The molecule has 0 unspecified atom stereocenters. The highest BCUT2D eigenvalue weighted by atomic mass is 16.6. The molecule has 1 heterocycles. The number of rotatable bonds is 3. The molecule has 6 heteroatoms. The van der Waals surface area contributed by atoms with Gasteiger partial charge in [-0.15, -0.1) is 0 Å². The molecule has 6 nitrogen and oxygen atoms in total. The molecule has 0 bridgehead atoms. The summed E-state index contributed by atoms with van der Waals surface area (Å²) in [7, 11) is 2.83. The highest BCUT2D eigenvalue weighted by Crippen LogP contribution is 2.39. The van der Waals surface area contributed by atoms with E-state index in [1.165, 1.54) is 20.3 Å². The van der Waals surface area contributed by atoms with Gasteiger partial charge in [-0.05, 0) is 12.1 Å². The number of pyridine rings is 1. The predicted molar refractivity (Wildman–Crippen MR) is 61.5 cm³/mol. The molecule has 88 valence electrons. The summed E-state index contributed by atoms with van der Waals surface area (Å²) in [6.07, 6.45) is 1.59. The molecule has 0 spiro atoms. The molecule has 0 aliphatic heterocycles. The normalized spacial score (nSPS) is 10.2. The zero-order valence-corrected chi connectivity index (χ0v) is 9.34. The third-order valence-electron chi connectivity index (χ3n) is 2.41. The summed E-state index contributed by atoms with van der Waals surface area (Å²) in [5.41, 5.74) is 0.405. The van der Waals surface area contributed by atoms with Crippen LogP contribution < -0.4 is 9.47 Å². The van der Waals surface area contributed by atoms with Crippen LogP contribution in [-0.2, 0) is 0 Å². The lowest BCUT2D eigenvalue weighted by Crippen LogP contribution is -1.97. The summed E-state index contributed by atoms with van der Waals surface area (Å²) in [5.74, 6) is 0.548. The molecule has 0 radical (unpaired) electrons. The van der Waals surface area contributed by atoms with Gasteiger partial charge < -0.3 is 9.47 Å². The van der Waals surface area contributed by atoms with E-state index in [0.717, 1.165) is 0 Å². The minimum Gasteiger partial charge on any atom is -0.494 e. The fourth-order valence-electron chi connectivity index (χ4n) is 1.69. The second-order valence-corrected chi connectivity index (χ2v) is 3.29. The van der Waals surface area contributed by atoms with E-state index in [0.29, 0.717) is 16.7 Å². The number of nitrogens with zero attached hydrogens (tertiary/aromatic N) is 2. The third-order valence-corrected chi connectivity index (χ3v) is 2.41. The van der Waals surface area contributed by atoms with Crippen LogP contribution in [0.3, 0.4) is 0 Å². The SMILES string of the molecule is COc1c([N+](=O)[O-])cc(OC)c2ncccc12. The van der Waals surface area contributed by atoms with Crippen LogP contribution in [-0.4, -0.2) is 24.1 Å². The highest BCUT2D eigenvalue weighted by Gasteiger charge is 2.21. The van der Waals surface area contributed by atoms with Crippen molar-refractivity contribution in [2.75, 3.05) is 14.2 Å². The Labute approximate surface area is 96.9 Å². The minimum absolute atomic E-state index is 0.134. The average molecular weight is 234 g/mol. The largest absolute Gasteiger partial charge is 0.494 e. The topological polar surface area (TPSA) is 74.5 Å². The van der Waals surface area contributed by atoms with E-state index >= 15 is 0 Å². The molecule has 0 aliphatic carbocycles. The van der Waals surface area contributed by atoms with Crippen molar-refractivity contribution < 1.29 is 14.4 Å². The number of methoxy groups -OCH3 is 2. The standard InChI is InChI=1S/C11H10N2O4/c1-16-9-6-8(13(14)15)11(17-2)7-4-3-5-12-10(7)9/h3-6H,1-2H3. The first-order valence-corrected chi connectivity index (χ1v) is 4.83. The first-order valence-electron chi connectivity index (χ1n) is 4.83. The second kappa shape index (κ2) is 4.25. The summed E-state index contributed by atoms with van der Waals surface area (Å²) in [4.78, 5) is 14.6. The van der Waals surface area contributed by atoms with Gasteiger partial charge in [0.25, 0.3) is 0 Å². The lowest BCUT2D eigenvalue weighted by atomic mass is 10.1. The smallest absolute Gasteiger partial charge is 0.315 e. The van der Waals surface area contributed by atoms with Crippen molar-refractivity contribution in [3.05, 3.63) is 34.5 Å². The van der Waals surface area contributed by atoms with Crippen LogP contribution in [0, 0.1) is 10.1 Å². The van der Waals surface area contributed by atoms with Gasteiger partial charge in [0.15, 0.2) is 5.75 Å². The van der Waals surface area contributed by atoms with Gasteiger partial charge in [0, 0.05) is 6.20 Å². The van der Waals surface area contributed by atoms with E-state index < -0.39 is 4.92 Å². The van der Waals surface area contributed by atoms with E-state index in [1.54, 1.807) is 18.3 Å². The van der Waals surface area contributed by atoms with Crippen molar-refractivity contribution in [1.29, 1.82) is 0 Å². The summed E-state index contributed by atoms with van der Waals surface area (Å²) in [6.45, 7) is 0. The van der Waals surface area contributed by atoms with Gasteiger partial charge in [-0.2, -0.15) is 0 Å². The first kappa shape index (κ1) is 11.1. The monoisotopic (exact) mass is 234 g/mol. The zero-order chi connectivity index (χ0) is 12.4. The highest BCUT2D eigenvalue weighted by molar-refractivity contribution is 5.93. The van der Waals surface area contributed by atoms with Gasteiger partial charge in [0.2, 0.25) is 5.75 Å². The number of aromatic nitrogens is 1. The summed E-state index contributed by atoms with van der Waals surface area (Å²) in [6, 6.07) is 4.71. The Balaban J connectivity index is 2.89. The number of nitro groups is 1. The van der Waals surface area contributed by atoms with Crippen LogP contribution in [0.15, 0.2) is 24.4 Å². The first-order chi connectivity index (χ1) is 8.19. The molecule has 0 aliphatic rings. The molecule has 0 saturated heterocycles. The maximum Gasteiger partial charge on any atom is 0.315 e. The Bertz CT molecular complexity index is 583. The van der Waals surface area contributed by atoms with Gasteiger partial charge in [0.05, 0.1) is 30.6 Å². The van der Waals surface area contributed by atoms with Gasteiger partial charge in [-0.1, -0.05) is 0 Å². The van der Waals surface area contributed by atoms with E-state index in [2.05, 4.69) is 4.98 Å². The van der Waals surface area contributed by atoms with Crippen molar-refractivity contribution in [3.8, 4) is 11.5 Å². The predicted octanol–water partition coefficient (Wildman–Crippen LogP) is 2.16. The lowest BCUT2D eigenvalue weighted by Gasteiger charge is -2.09. The minimum atomic E-state index is -0.506. The van der Waals surface area contributed by atoms with E-state index in [-0.39, 0.29) is 11.4 Å². The van der Waals surface area contributed by atoms with Crippen molar-refractivity contribution in [2.45, 2.75) is 0 Å². The quantitative estimate of drug-likeness (QED) is 0.600. The number of hydrogen-bond donors (Lipinski definition) is 0. The van der Waals surface area contributed by atoms with Crippen LogP contribution in [0.4, 0.5) is 5.69 Å². The number of ether oxygens (including phenoxy) is 2. The second-order valence-electron chi connectivity index (χ2n) is 3.29. The maximum atomic E-state index is 10.9. The van der Waals surface area contributed by atoms with Gasteiger partial charge in [-0.25, -0.2) is 0 Å². The van der Waals surface area contributed by atoms with E-state index in [9.17, 15) is 10.1 Å². The van der Waals surface area contributed by atoms with Gasteiger partial charge in [0.1, 0.15) is 5.52 Å². The molecule has 0 amide bonds. The zero-order valence-electron chi connectivity index (χ0n) is 9.34. The Morgan fingerprint density at radius 2 is 2.12 bits per heavy atom. The summed E-state index contributed by atoms with van der Waals surface area (Å²) < 4.78 is 10.2. The number of fused-ring (bicyclic) bond motifs is 1. The van der Waals surface area contributed by atoms with E-state index in [1.807, 2.05) is 0 Å². The average Bonchev–Trinajstić information content (AvgIpc) is 2.36. The van der Waals surface area contributed by atoms with Crippen LogP contribution in [0.2, 0.25) is 0 Å². The molecule has 1 aromatic carbocycles. The van der Waals surface area contributed by atoms with Crippen LogP contribution in [0.25, 0.3) is 10.9 Å². The Kier molecular flexibility index (Phi) is 2.78.